The topological polar surface area (TPSA) is 102 Å². The van der Waals surface area contributed by atoms with Crippen molar-refractivity contribution >= 4 is 23.3 Å². The molecule has 0 fully saturated rings. The summed E-state index contributed by atoms with van der Waals surface area (Å²) in [4.78, 5) is 35.4. The summed E-state index contributed by atoms with van der Waals surface area (Å²) in [5, 5.41) is 13.6. The molecule has 0 spiro atoms. The van der Waals surface area contributed by atoms with Gasteiger partial charge in [0.2, 0.25) is 5.91 Å². The maximum absolute atomic E-state index is 12.0. The van der Waals surface area contributed by atoms with E-state index in [-0.39, 0.29) is 30.4 Å². The van der Waals surface area contributed by atoms with E-state index >= 15 is 0 Å². The Balaban J connectivity index is 2.05. The van der Waals surface area contributed by atoms with Gasteiger partial charge >= 0.3 is 5.97 Å². The number of fused-ring (bicyclic) bond motifs is 1. The number of unbranched alkanes of at least 4 members (excludes halogenated alkanes) is 2. The van der Waals surface area contributed by atoms with Crippen molar-refractivity contribution in [3.8, 4) is 5.75 Å². The van der Waals surface area contributed by atoms with Gasteiger partial charge in [0.1, 0.15) is 6.54 Å². The normalized spacial score (nSPS) is 13.3. The maximum atomic E-state index is 12.0. The van der Waals surface area contributed by atoms with Gasteiger partial charge in [-0.1, -0.05) is 19.8 Å². The molecule has 0 bridgehead atoms. The van der Waals surface area contributed by atoms with Gasteiger partial charge in [-0.15, -0.1) is 0 Å². The van der Waals surface area contributed by atoms with Gasteiger partial charge in [-0.3, -0.25) is 14.9 Å². The summed E-state index contributed by atoms with van der Waals surface area (Å²) in [6.07, 6.45) is 3.02. The molecule has 0 unspecified atom stereocenters. The lowest BCUT2D eigenvalue weighted by molar-refractivity contribution is -0.384. The zero-order chi connectivity index (χ0) is 16.8. The first kappa shape index (κ1) is 16.7. The second kappa shape index (κ2) is 7.57. The highest BCUT2D eigenvalue weighted by molar-refractivity contribution is 5.89. The van der Waals surface area contributed by atoms with Crippen LogP contribution in [-0.4, -0.2) is 36.4 Å². The van der Waals surface area contributed by atoms with E-state index in [1.54, 1.807) is 4.90 Å². The number of amides is 1. The molecule has 0 saturated heterocycles. The summed E-state index contributed by atoms with van der Waals surface area (Å²) in [6, 6.07) is 4.01. The molecule has 1 amide bonds. The first-order valence-corrected chi connectivity index (χ1v) is 7.52. The number of carbonyl (C=O) groups is 2. The number of non-ortho nitro benzene ring substituents is 1. The van der Waals surface area contributed by atoms with Crippen molar-refractivity contribution < 1.29 is 19.2 Å². The molecule has 0 saturated carbocycles. The van der Waals surface area contributed by atoms with Crippen molar-refractivity contribution in [3.05, 3.63) is 28.3 Å². The van der Waals surface area contributed by atoms with E-state index in [2.05, 4.69) is 12.2 Å². The molecule has 1 aliphatic rings. The fraction of sp³-hybridized carbons (Fsp3) is 0.467. The van der Waals surface area contributed by atoms with Gasteiger partial charge in [0, 0.05) is 12.6 Å². The predicted octanol–water partition coefficient (Wildman–Crippen LogP) is 1.63. The Morgan fingerprint density at radius 3 is 2.91 bits per heavy atom. The number of carbonyl (C=O) groups excluding carboxylic acids is 2. The zero-order valence-corrected chi connectivity index (χ0v) is 12.9. The average Bonchev–Trinajstić information content (AvgIpc) is 2.50. The highest BCUT2D eigenvalue weighted by atomic mass is 16.6. The van der Waals surface area contributed by atoms with Crippen molar-refractivity contribution in [1.29, 1.82) is 0 Å². The largest absolute Gasteiger partial charge is 0.423 e. The van der Waals surface area contributed by atoms with E-state index in [0.717, 1.165) is 19.3 Å². The number of nitrogens with zero attached hydrogens (tertiary/aromatic N) is 2. The molecule has 1 aliphatic heterocycles. The summed E-state index contributed by atoms with van der Waals surface area (Å²) in [6.45, 7) is 2.62. The Labute approximate surface area is 133 Å². The molecule has 0 aromatic heterocycles. The van der Waals surface area contributed by atoms with Crippen LogP contribution < -0.4 is 15.0 Å². The third-order valence-corrected chi connectivity index (χ3v) is 3.48. The summed E-state index contributed by atoms with van der Waals surface area (Å²) in [7, 11) is 0. The SMILES string of the molecule is CCCCCNC(=O)CN1CC(=O)Oc2cc([N+](=O)[O-])ccc21. The minimum absolute atomic E-state index is 0.00599. The van der Waals surface area contributed by atoms with Crippen LogP contribution in [0.25, 0.3) is 0 Å². The third-order valence-electron chi connectivity index (χ3n) is 3.48. The first-order chi connectivity index (χ1) is 11.0. The molecular weight excluding hydrogens is 302 g/mol. The second-order valence-electron chi connectivity index (χ2n) is 5.30. The van der Waals surface area contributed by atoms with Crippen LogP contribution >= 0.6 is 0 Å². The van der Waals surface area contributed by atoms with E-state index < -0.39 is 10.9 Å². The van der Waals surface area contributed by atoms with Crippen molar-refractivity contribution in [2.75, 3.05) is 24.5 Å². The lowest BCUT2D eigenvalue weighted by Gasteiger charge is -2.28. The third kappa shape index (κ3) is 4.41. The van der Waals surface area contributed by atoms with Crippen LogP contribution in [0.15, 0.2) is 18.2 Å². The second-order valence-corrected chi connectivity index (χ2v) is 5.30. The van der Waals surface area contributed by atoms with Gasteiger partial charge in [-0.2, -0.15) is 0 Å². The number of rotatable bonds is 7. The first-order valence-electron chi connectivity index (χ1n) is 7.52. The number of nitrogens with one attached hydrogen (secondary N) is 1. The van der Waals surface area contributed by atoms with Gasteiger partial charge in [0.15, 0.2) is 5.75 Å². The smallest absolute Gasteiger partial charge is 0.331 e. The molecular formula is C15H19N3O5. The molecule has 8 nitrogen and oxygen atoms in total. The highest BCUT2D eigenvalue weighted by Gasteiger charge is 2.27. The number of hydrogen-bond acceptors (Lipinski definition) is 6. The number of anilines is 1. The predicted molar refractivity (Wildman–Crippen MR) is 83.5 cm³/mol. The number of hydrogen-bond donors (Lipinski definition) is 1. The van der Waals surface area contributed by atoms with Gasteiger partial charge in [0.05, 0.1) is 23.2 Å². The molecule has 1 N–H and O–H groups in total. The Morgan fingerprint density at radius 1 is 1.43 bits per heavy atom. The van der Waals surface area contributed by atoms with Crippen LogP contribution in [0.5, 0.6) is 5.75 Å². The molecule has 8 heteroatoms. The van der Waals surface area contributed by atoms with Crippen molar-refractivity contribution in [2.45, 2.75) is 26.2 Å². The van der Waals surface area contributed by atoms with E-state index in [4.69, 9.17) is 4.74 Å². The lowest BCUT2D eigenvalue weighted by atomic mass is 10.2. The van der Waals surface area contributed by atoms with Crippen LogP contribution in [0.2, 0.25) is 0 Å². The number of esters is 1. The lowest BCUT2D eigenvalue weighted by Crippen LogP contribution is -2.43. The van der Waals surface area contributed by atoms with Crippen molar-refractivity contribution in [3.63, 3.8) is 0 Å². The number of nitro benzene ring substituents is 1. The Bertz CT molecular complexity index is 617. The van der Waals surface area contributed by atoms with Crippen LogP contribution in [0.4, 0.5) is 11.4 Å². The average molecular weight is 321 g/mol. The molecule has 1 aromatic rings. The molecule has 2 rings (SSSR count). The number of benzene rings is 1. The summed E-state index contributed by atoms with van der Waals surface area (Å²) in [5.74, 6) is -0.633. The Hall–Kier alpha value is -2.64. The molecule has 0 radical (unpaired) electrons. The number of ether oxygens (including phenoxy) is 1. The fourth-order valence-corrected chi connectivity index (χ4v) is 2.33. The molecule has 0 aliphatic carbocycles. The Kier molecular flexibility index (Phi) is 5.51. The fourth-order valence-electron chi connectivity index (χ4n) is 2.33. The van der Waals surface area contributed by atoms with E-state index in [1.807, 2.05) is 0 Å². The minimum Gasteiger partial charge on any atom is -0.423 e. The standard InChI is InChI=1S/C15H19N3O5/c1-2-3-4-7-16-14(19)9-17-10-15(20)23-13-8-11(18(21)22)5-6-12(13)17/h5-6,8H,2-4,7,9-10H2,1H3,(H,16,19). The minimum atomic E-state index is -0.562. The monoisotopic (exact) mass is 321 g/mol. The van der Waals surface area contributed by atoms with E-state index in [1.165, 1.54) is 18.2 Å². The van der Waals surface area contributed by atoms with E-state index in [9.17, 15) is 19.7 Å². The summed E-state index contributed by atoms with van der Waals surface area (Å²) < 4.78 is 5.03. The van der Waals surface area contributed by atoms with Crippen LogP contribution in [-0.2, 0) is 9.59 Å². The molecule has 1 aromatic carbocycles. The van der Waals surface area contributed by atoms with Crippen LogP contribution in [0.1, 0.15) is 26.2 Å². The number of nitro groups is 1. The van der Waals surface area contributed by atoms with Gasteiger partial charge in [-0.05, 0) is 12.5 Å². The zero-order valence-electron chi connectivity index (χ0n) is 12.9. The van der Waals surface area contributed by atoms with Crippen molar-refractivity contribution in [1.82, 2.24) is 5.32 Å². The van der Waals surface area contributed by atoms with Crippen molar-refractivity contribution in [2.24, 2.45) is 0 Å². The Morgan fingerprint density at radius 2 is 2.22 bits per heavy atom. The van der Waals surface area contributed by atoms with E-state index in [0.29, 0.717) is 12.2 Å². The maximum Gasteiger partial charge on any atom is 0.331 e. The summed E-state index contributed by atoms with van der Waals surface area (Å²) in [5.41, 5.74) is 0.335. The van der Waals surface area contributed by atoms with Gasteiger partial charge in [-0.25, -0.2) is 4.79 Å². The molecule has 23 heavy (non-hydrogen) atoms. The van der Waals surface area contributed by atoms with Gasteiger partial charge in [0.25, 0.3) is 5.69 Å². The molecule has 1 heterocycles. The summed E-state index contributed by atoms with van der Waals surface area (Å²) >= 11 is 0. The van der Waals surface area contributed by atoms with Gasteiger partial charge < -0.3 is 15.0 Å². The quantitative estimate of drug-likeness (QED) is 0.269. The van der Waals surface area contributed by atoms with Crippen LogP contribution in [0, 0.1) is 10.1 Å². The van der Waals surface area contributed by atoms with Crippen LogP contribution in [0.3, 0.4) is 0 Å². The molecule has 124 valence electrons. The molecule has 0 atom stereocenters. The highest BCUT2D eigenvalue weighted by Crippen LogP contribution is 2.34.